The molecule has 1 amide bonds. The molecule has 1 saturated heterocycles. The zero-order valence-corrected chi connectivity index (χ0v) is 13.0. The van der Waals surface area contributed by atoms with Crippen LogP contribution in [0.3, 0.4) is 0 Å². The highest BCUT2D eigenvalue weighted by molar-refractivity contribution is 5.64. The lowest BCUT2D eigenvalue weighted by Crippen LogP contribution is -2.52. The summed E-state index contributed by atoms with van der Waals surface area (Å²) in [7, 11) is 0. The Morgan fingerprint density at radius 3 is 2.36 bits per heavy atom. The van der Waals surface area contributed by atoms with Gasteiger partial charge in [0.1, 0.15) is 0 Å². The van der Waals surface area contributed by atoms with Gasteiger partial charge in [0.05, 0.1) is 0 Å². The fraction of sp³-hybridized carbons (Fsp3) is 0.588. The Labute approximate surface area is 131 Å². The van der Waals surface area contributed by atoms with Gasteiger partial charge in [0, 0.05) is 44.5 Å². The van der Waals surface area contributed by atoms with Crippen LogP contribution in [0.15, 0.2) is 24.3 Å². The average Bonchev–Trinajstić information content (AvgIpc) is 2.47. The van der Waals surface area contributed by atoms with E-state index in [2.05, 4.69) is 39.4 Å². The van der Waals surface area contributed by atoms with Crippen molar-refractivity contribution >= 4 is 11.8 Å². The molecule has 3 rings (SSSR count). The fourth-order valence-electron chi connectivity index (χ4n) is 3.28. The maximum absolute atomic E-state index is 10.4. The fourth-order valence-corrected chi connectivity index (χ4v) is 3.28. The van der Waals surface area contributed by atoms with Crippen molar-refractivity contribution in [3.8, 4) is 0 Å². The number of nitrogens with zero attached hydrogens (tertiary/aromatic N) is 2. The molecule has 0 spiro atoms. The largest absolute Gasteiger partial charge is 0.465 e. The molecular weight excluding hydrogens is 278 g/mol. The number of anilines is 1. The van der Waals surface area contributed by atoms with Crippen molar-refractivity contribution in [2.24, 2.45) is 0 Å². The molecule has 0 bridgehead atoms. The maximum atomic E-state index is 10.4. The third kappa shape index (κ3) is 3.71. The Hall–Kier alpha value is -1.75. The predicted molar refractivity (Wildman–Crippen MR) is 87.6 cm³/mol. The third-order valence-corrected chi connectivity index (χ3v) is 4.90. The quantitative estimate of drug-likeness (QED) is 0.875. The lowest BCUT2D eigenvalue weighted by molar-refractivity contribution is 0.120. The van der Waals surface area contributed by atoms with Crippen molar-refractivity contribution < 1.29 is 9.90 Å². The molecule has 1 aromatic rings. The van der Waals surface area contributed by atoms with Crippen molar-refractivity contribution in [3.63, 3.8) is 0 Å². The summed E-state index contributed by atoms with van der Waals surface area (Å²) in [6.07, 6.45) is 3.96. The summed E-state index contributed by atoms with van der Waals surface area (Å²) >= 11 is 0. The van der Waals surface area contributed by atoms with Crippen LogP contribution in [0.2, 0.25) is 0 Å². The molecule has 120 valence electrons. The van der Waals surface area contributed by atoms with E-state index in [1.54, 1.807) is 0 Å². The highest BCUT2D eigenvalue weighted by Gasteiger charge is 2.27. The predicted octanol–water partition coefficient (Wildman–Crippen LogP) is 2.17. The normalized spacial score (nSPS) is 19.7. The summed E-state index contributed by atoms with van der Waals surface area (Å²) in [5, 5.41) is 11.0. The van der Waals surface area contributed by atoms with E-state index in [0.29, 0.717) is 6.54 Å². The smallest absolute Gasteiger partial charge is 0.404 e. The molecule has 1 heterocycles. The van der Waals surface area contributed by atoms with Crippen LogP contribution in [0.5, 0.6) is 0 Å². The Morgan fingerprint density at radius 1 is 1.14 bits per heavy atom. The molecule has 0 aromatic heterocycles. The maximum Gasteiger partial charge on any atom is 0.404 e. The molecule has 2 aliphatic rings. The van der Waals surface area contributed by atoms with Gasteiger partial charge in [0.25, 0.3) is 0 Å². The number of piperazine rings is 1. The third-order valence-electron chi connectivity index (χ3n) is 4.90. The standard InChI is InChI=1S/C17H25N3O2/c21-17(22)18-9-8-14-4-6-16(7-5-14)20-12-10-19(11-13-20)15-2-1-3-15/h4-7,15,18H,1-3,8-13H2,(H,21,22). The molecule has 1 aromatic carbocycles. The first-order chi connectivity index (χ1) is 10.7. The summed E-state index contributed by atoms with van der Waals surface area (Å²) in [4.78, 5) is 15.5. The van der Waals surface area contributed by atoms with Gasteiger partial charge in [-0.25, -0.2) is 4.79 Å². The van der Waals surface area contributed by atoms with Gasteiger partial charge in [-0.3, -0.25) is 4.90 Å². The lowest BCUT2D eigenvalue weighted by Gasteiger charge is -2.43. The monoisotopic (exact) mass is 303 g/mol. The van der Waals surface area contributed by atoms with Crippen LogP contribution >= 0.6 is 0 Å². The molecule has 5 heteroatoms. The highest BCUT2D eigenvalue weighted by Crippen LogP contribution is 2.26. The zero-order chi connectivity index (χ0) is 15.4. The van der Waals surface area contributed by atoms with Gasteiger partial charge >= 0.3 is 6.09 Å². The summed E-state index contributed by atoms with van der Waals surface area (Å²) < 4.78 is 0. The minimum atomic E-state index is -0.957. The van der Waals surface area contributed by atoms with Crippen LogP contribution < -0.4 is 10.2 Å². The van der Waals surface area contributed by atoms with Gasteiger partial charge in [0.2, 0.25) is 0 Å². The van der Waals surface area contributed by atoms with Crippen molar-refractivity contribution in [1.29, 1.82) is 0 Å². The van der Waals surface area contributed by atoms with Gasteiger partial charge in [-0.1, -0.05) is 18.6 Å². The molecule has 0 radical (unpaired) electrons. The number of hydrogen-bond acceptors (Lipinski definition) is 3. The van der Waals surface area contributed by atoms with Gasteiger partial charge in [-0.15, -0.1) is 0 Å². The number of nitrogens with one attached hydrogen (secondary N) is 1. The first kappa shape index (κ1) is 15.2. The van der Waals surface area contributed by atoms with Crippen molar-refractivity contribution in [1.82, 2.24) is 10.2 Å². The highest BCUT2D eigenvalue weighted by atomic mass is 16.4. The van der Waals surface area contributed by atoms with Crippen LogP contribution in [0, 0.1) is 0 Å². The molecule has 1 aliphatic heterocycles. The molecule has 22 heavy (non-hydrogen) atoms. The Morgan fingerprint density at radius 2 is 1.82 bits per heavy atom. The number of carbonyl (C=O) groups is 1. The average molecular weight is 303 g/mol. The van der Waals surface area contributed by atoms with E-state index in [4.69, 9.17) is 5.11 Å². The molecular formula is C17H25N3O2. The Kier molecular flexibility index (Phi) is 4.83. The first-order valence-electron chi connectivity index (χ1n) is 8.27. The lowest BCUT2D eigenvalue weighted by atomic mass is 9.91. The zero-order valence-electron chi connectivity index (χ0n) is 13.0. The minimum absolute atomic E-state index is 0.467. The Bertz CT molecular complexity index is 491. The van der Waals surface area contributed by atoms with Crippen molar-refractivity contribution in [2.45, 2.75) is 31.7 Å². The molecule has 1 saturated carbocycles. The first-order valence-corrected chi connectivity index (χ1v) is 8.27. The van der Waals surface area contributed by atoms with Crippen LogP contribution in [0.4, 0.5) is 10.5 Å². The van der Waals surface area contributed by atoms with E-state index >= 15 is 0 Å². The van der Waals surface area contributed by atoms with Crippen LogP contribution in [0.25, 0.3) is 0 Å². The van der Waals surface area contributed by atoms with Crippen LogP contribution in [0.1, 0.15) is 24.8 Å². The molecule has 2 fully saturated rings. The van der Waals surface area contributed by atoms with Crippen molar-refractivity contribution in [3.05, 3.63) is 29.8 Å². The number of amides is 1. The van der Waals surface area contributed by atoms with Crippen LogP contribution in [-0.2, 0) is 6.42 Å². The summed E-state index contributed by atoms with van der Waals surface area (Å²) in [5.41, 5.74) is 2.45. The molecule has 2 N–H and O–H groups in total. The van der Waals surface area contributed by atoms with E-state index in [1.807, 2.05) is 0 Å². The topological polar surface area (TPSA) is 55.8 Å². The van der Waals surface area contributed by atoms with E-state index in [0.717, 1.165) is 25.6 Å². The van der Waals surface area contributed by atoms with E-state index in [9.17, 15) is 4.79 Å². The molecule has 0 atom stereocenters. The van der Waals surface area contributed by atoms with Crippen molar-refractivity contribution in [2.75, 3.05) is 37.6 Å². The SMILES string of the molecule is O=C(O)NCCc1ccc(N2CCN(C3CCC3)CC2)cc1. The van der Waals surface area contributed by atoms with Gasteiger partial charge in [0.15, 0.2) is 0 Å². The number of hydrogen-bond donors (Lipinski definition) is 2. The molecule has 5 nitrogen and oxygen atoms in total. The summed E-state index contributed by atoms with van der Waals surface area (Å²) in [6.45, 7) is 5.03. The molecule has 1 aliphatic carbocycles. The minimum Gasteiger partial charge on any atom is -0.465 e. The number of rotatable bonds is 5. The molecule has 0 unspecified atom stereocenters. The summed E-state index contributed by atoms with van der Waals surface area (Å²) in [5.74, 6) is 0. The second-order valence-corrected chi connectivity index (χ2v) is 6.26. The Balaban J connectivity index is 1.47. The van der Waals surface area contributed by atoms with E-state index in [1.165, 1.54) is 43.6 Å². The van der Waals surface area contributed by atoms with E-state index < -0.39 is 6.09 Å². The second kappa shape index (κ2) is 7.01. The van der Waals surface area contributed by atoms with Gasteiger partial charge in [-0.05, 0) is 37.0 Å². The van der Waals surface area contributed by atoms with Crippen LogP contribution in [-0.4, -0.2) is 54.9 Å². The number of benzene rings is 1. The van der Waals surface area contributed by atoms with Gasteiger partial charge in [-0.2, -0.15) is 0 Å². The van der Waals surface area contributed by atoms with Gasteiger partial charge < -0.3 is 15.3 Å². The number of carboxylic acid groups (broad SMARTS) is 1. The van der Waals surface area contributed by atoms with E-state index in [-0.39, 0.29) is 0 Å². The summed E-state index contributed by atoms with van der Waals surface area (Å²) in [6, 6.07) is 9.39. The second-order valence-electron chi connectivity index (χ2n) is 6.26.